The lowest BCUT2D eigenvalue weighted by Crippen LogP contribution is -2.34. The van der Waals surface area contributed by atoms with Crippen molar-refractivity contribution in [1.82, 2.24) is 0 Å². The molecule has 0 aliphatic heterocycles. The van der Waals surface area contributed by atoms with Crippen LogP contribution in [0.25, 0.3) is 0 Å². The van der Waals surface area contributed by atoms with Crippen LogP contribution in [0.3, 0.4) is 0 Å². The molecule has 0 bridgehead atoms. The monoisotopic (exact) mass is 284 g/mol. The summed E-state index contributed by atoms with van der Waals surface area (Å²) in [5.74, 6) is -0.0210. The average molecular weight is 284 g/mol. The molecular formula is C20H28O. The predicted molar refractivity (Wildman–Crippen MR) is 90.0 cm³/mol. The number of rotatable bonds is 4. The second-order valence-corrected chi connectivity index (χ2v) is 7.62. The van der Waals surface area contributed by atoms with Gasteiger partial charge < -0.3 is 4.79 Å². The van der Waals surface area contributed by atoms with Crippen LogP contribution in [-0.4, -0.2) is 6.29 Å². The van der Waals surface area contributed by atoms with Gasteiger partial charge in [-0.1, -0.05) is 58.0 Å². The summed E-state index contributed by atoms with van der Waals surface area (Å²) in [5, 5.41) is 0. The molecule has 2 rings (SSSR count). The van der Waals surface area contributed by atoms with Gasteiger partial charge >= 0.3 is 0 Å². The van der Waals surface area contributed by atoms with E-state index in [1.807, 2.05) is 13.0 Å². The molecule has 0 fully saturated rings. The fourth-order valence-corrected chi connectivity index (χ4v) is 3.39. The number of carbonyl (C=O) groups is 1. The molecule has 0 heterocycles. The third-order valence-corrected chi connectivity index (χ3v) is 5.10. The van der Waals surface area contributed by atoms with Crippen molar-refractivity contribution in [3.8, 4) is 0 Å². The first-order valence-corrected chi connectivity index (χ1v) is 8.03. The van der Waals surface area contributed by atoms with E-state index in [4.69, 9.17) is 0 Å². The minimum Gasteiger partial charge on any atom is -0.303 e. The van der Waals surface area contributed by atoms with E-state index in [1.165, 1.54) is 24.0 Å². The lowest BCUT2D eigenvalue weighted by molar-refractivity contribution is -0.109. The summed E-state index contributed by atoms with van der Waals surface area (Å²) >= 11 is 0. The first-order valence-electron chi connectivity index (χ1n) is 8.03. The van der Waals surface area contributed by atoms with E-state index in [2.05, 4.69) is 52.0 Å². The van der Waals surface area contributed by atoms with Gasteiger partial charge in [-0.3, -0.25) is 0 Å². The Bertz CT molecular complexity index is 549. The van der Waals surface area contributed by atoms with Crippen LogP contribution in [0.2, 0.25) is 0 Å². The van der Waals surface area contributed by atoms with Gasteiger partial charge in [-0.25, -0.2) is 0 Å². The fraction of sp³-hybridized carbons (Fsp3) is 0.550. The maximum Gasteiger partial charge on any atom is 0.127 e. The fourth-order valence-electron chi connectivity index (χ4n) is 3.39. The standard InChI is InChI=1S/C20H28O/c1-6-7-8-16(14-21)15-9-10-17-18(13-15)20(4,5)12-11-19(17,2)3/h6-7,9-10,13-14,16H,8,11-12H2,1-5H3/b7-6+/t16-/m1/s1. The van der Waals surface area contributed by atoms with Crippen LogP contribution in [0.4, 0.5) is 0 Å². The number of hydrogen-bond donors (Lipinski definition) is 0. The first-order chi connectivity index (χ1) is 9.81. The van der Waals surface area contributed by atoms with Crippen LogP contribution in [0.5, 0.6) is 0 Å². The molecule has 1 aliphatic rings. The minimum absolute atomic E-state index is 0.0210. The number of fused-ring (bicyclic) bond motifs is 1. The largest absolute Gasteiger partial charge is 0.303 e. The van der Waals surface area contributed by atoms with Crippen molar-refractivity contribution >= 4 is 6.29 Å². The molecule has 0 N–H and O–H groups in total. The molecule has 1 aromatic rings. The molecule has 0 unspecified atom stereocenters. The van der Waals surface area contributed by atoms with Crippen molar-refractivity contribution in [2.75, 3.05) is 0 Å². The van der Waals surface area contributed by atoms with E-state index < -0.39 is 0 Å². The smallest absolute Gasteiger partial charge is 0.127 e. The number of benzene rings is 1. The summed E-state index contributed by atoms with van der Waals surface area (Å²) in [5.41, 5.74) is 4.49. The molecule has 0 saturated heterocycles. The van der Waals surface area contributed by atoms with Gasteiger partial charge in [0.05, 0.1) is 0 Å². The van der Waals surface area contributed by atoms with Gasteiger partial charge in [0.25, 0.3) is 0 Å². The molecule has 1 nitrogen and oxygen atoms in total. The zero-order chi connectivity index (χ0) is 15.7. The molecule has 21 heavy (non-hydrogen) atoms. The van der Waals surface area contributed by atoms with Crippen molar-refractivity contribution in [2.24, 2.45) is 0 Å². The topological polar surface area (TPSA) is 17.1 Å². The van der Waals surface area contributed by atoms with E-state index in [0.717, 1.165) is 18.3 Å². The van der Waals surface area contributed by atoms with Crippen LogP contribution in [0.1, 0.15) is 76.5 Å². The third kappa shape index (κ3) is 3.12. The molecule has 1 heteroatoms. The minimum atomic E-state index is -0.0210. The maximum absolute atomic E-state index is 11.4. The van der Waals surface area contributed by atoms with E-state index in [-0.39, 0.29) is 16.7 Å². The Morgan fingerprint density at radius 1 is 1.10 bits per heavy atom. The highest BCUT2D eigenvalue weighted by molar-refractivity contribution is 5.63. The van der Waals surface area contributed by atoms with Gasteiger partial charge in [0, 0.05) is 5.92 Å². The second kappa shape index (κ2) is 5.79. The zero-order valence-electron chi connectivity index (χ0n) is 14.1. The number of aldehydes is 1. The summed E-state index contributed by atoms with van der Waals surface area (Å²) in [7, 11) is 0. The Balaban J connectivity index is 2.47. The van der Waals surface area contributed by atoms with Crippen molar-refractivity contribution in [1.29, 1.82) is 0 Å². The van der Waals surface area contributed by atoms with Crippen LogP contribution < -0.4 is 0 Å². The highest BCUT2D eigenvalue weighted by Crippen LogP contribution is 2.46. The third-order valence-electron chi connectivity index (χ3n) is 5.10. The van der Waals surface area contributed by atoms with Crippen LogP contribution in [0, 0.1) is 0 Å². The first kappa shape index (κ1) is 16.0. The Morgan fingerprint density at radius 3 is 2.29 bits per heavy atom. The van der Waals surface area contributed by atoms with Gasteiger partial charge in [0.1, 0.15) is 6.29 Å². The summed E-state index contributed by atoms with van der Waals surface area (Å²) in [6.45, 7) is 11.3. The quantitative estimate of drug-likeness (QED) is 0.542. The molecule has 0 spiro atoms. The lowest BCUT2D eigenvalue weighted by atomic mass is 9.62. The van der Waals surface area contributed by atoms with E-state index in [9.17, 15) is 4.79 Å². The zero-order valence-corrected chi connectivity index (χ0v) is 14.1. The SMILES string of the molecule is C/C=C/C[C@H](C=O)c1ccc2c(c1)C(C)(C)CCC2(C)C. The van der Waals surface area contributed by atoms with Crippen molar-refractivity contribution in [3.05, 3.63) is 47.0 Å². The van der Waals surface area contributed by atoms with Gasteiger partial charge in [-0.05, 0) is 53.7 Å². The van der Waals surface area contributed by atoms with E-state index in [0.29, 0.717) is 0 Å². The van der Waals surface area contributed by atoms with Crippen LogP contribution in [0.15, 0.2) is 30.4 Å². The van der Waals surface area contributed by atoms with Crippen molar-refractivity contribution in [3.63, 3.8) is 0 Å². The number of hydrogen-bond acceptors (Lipinski definition) is 1. The average Bonchev–Trinajstić information content (AvgIpc) is 2.45. The lowest BCUT2D eigenvalue weighted by Gasteiger charge is -2.42. The van der Waals surface area contributed by atoms with Gasteiger partial charge in [-0.15, -0.1) is 0 Å². The maximum atomic E-state index is 11.4. The Labute approximate surface area is 129 Å². The van der Waals surface area contributed by atoms with E-state index >= 15 is 0 Å². The van der Waals surface area contributed by atoms with Crippen LogP contribution >= 0.6 is 0 Å². The number of carbonyl (C=O) groups excluding carboxylic acids is 1. The molecule has 0 aromatic heterocycles. The Kier molecular flexibility index (Phi) is 4.41. The normalized spacial score (nSPS) is 21.0. The van der Waals surface area contributed by atoms with Crippen LogP contribution in [-0.2, 0) is 15.6 Å². The summed E-state index contributed by atoms with van der Waals surface area (Å²) in [4.78, 5) is 11.4. The molecule has 0 radical (unpaired) electrons. The van der Waals surface area contributed by atoms with E-state index in [1.54, 1.807) is 0 Å². The highest BCUT2D eigenvalue weighted by atomic mass is 16.1. The molecule has 0 amide bonds. The van der Waals surface area contributed by atoms with Gasteiger partial charge in [-0.2, -0.15) is 0 Å². The highest BCUT2D eigenvalue weighted by Gasteiger charge is 2.37. The molecule has 1 aliphatic carbocycles. The molecular weight excluding hydrogens is 256 g/mol. The van der Waals surface area contributed by atoms with Crippen molar-refractivity contribution in [2.45, 2.75) is 70.6 Å². The number of allylic oxidation sites excluding steroid dienone is 2. The summed E-state index contributed by atoms with van der Waals surface area (Å²) in [6, 6.07) is 6.71. The molecule has 1 atom stereocenters. The molecule has 114 valence electrons. The van der Waals surface area contributed by atoms with Gasteiger partial charge in [0.15, 0.2) is 0 Å². The second-order valence-electron chi connectivity index (χ2n) is 7.62. The summed E-state index contributed by atoms with van der Waals surface area (Å²) in [6.07, 6.45) is 8.40. The Hall–Kier alpha value is -1.37. The summed E-state index contributed by atoms with van der Waals surface area (Å²) < 4.78 is 0. The van der Waals surface area contributed by atoms with Gasteiger partial charge in [0.2, 0.25) is 0 Å². The molecule has 1 aromatic carbocycles. The van der Waals surface area contributed by atoms with Crippen molar-refractivity contribution < 1.29 is 4.79 Å². The molecule has 0 saturated carbocycles. The Morgan fingerprint density at radius 2 is 1.71 bits per heavy atom. The predicted octanol–water partition coefficient (Wildman–Crippen LogP) is 5.28.